The highest BCUT2D eigenvalue weighted by molar-refractivity contribution is 6.02. The fourth-order valence-electron chi connectivity index (χ4n) is 3.95. The number of hydrogen-bond acceptors (Lipinski definition) is 4. The van der Waals surface area contributed by atoms with Crippen LogP contribution in [0.1, 0.15) is 15.9 Å². The lowest BCUT2D eigenvalue weighted by atomic mass is 10.0. The summed E-state index contributed by atoms with van der Waals surface area (Å²) in [6.45, 7) is 2.98. The van der Waals surface area contributed by atoms with Crippen LogP contribution in [0.2, 0.25) is 0 Å². The predicted octanol–water partition coefficient (Wildman–Crippen LogP) is 3.35. The average molecular weight is 465 g/mol. The monoisotopic (exact) mass is 464 g/mol. The van der Waals surface area contributed by atoms with Gasteiger partial charge in [0.1, 0.15) is 17.7 Å². The van der Waals surface area contributed by atoms with Crippen LogP contribution in [0.5, 0.6) is 0 Å². The molecule has 0 bridgehead atoms. The number of piperazine rings is 1. The number of rotatable bonds is 7. The van der Waals surface area contributed by atoms with Crippen molar-refractivity contribution in [3.63, 3.8) is 0 Å². The maximum Gasteiger partial charge on any atom is 0.254 e. The van der Waals surface area contributed by atoms with Gasteiger partial charge in [-0.3, -0.25) is 9.59 Å². The van der Waals surface area contributed by atoms with Crippen LogP contribution in [0.25, 0.3) is 0 Å². The Hall–Kier alpha value is -3.78. The maximum absolute atomic E-state index is 14.2. The van der Waals surface area contributed by atoms with E-state index in [1.54, 1.807) is 12.1 Å². The summed E-state index contributed by atoms with van der Waals surface area (Å²) in [5.74, 6) is -2.37. The number of carbonyl (C=O) groups is 2. The van der Waals surface area contributed by atoms with E-state index >= 15 is 0 Å². The van der Waals surface area contributed by atoms with Crippen molar-refractivity contribution in [2.75, 3.05) is 36.4 Å². The molecule has 1 aliphatic heterocycles. The number of halogens is 2. The van der Waals surface area contributed by atoms with Crippen LogP contribution >= 0.6 is 0 Å². The Labute approximate surface area is 197 Å². The van der Waals surface area contributed by atoms with Gasteiger partial charge in [0.25, 0.3) is 5.91 Å². The van der Waals surface area contributed by atoms with Gasteiger partial charge in [0.15, 0.2) is 0 Å². The zero-order valence-corrected chi connectivity index (χ0v) is 18.6. The summed E-state index contributed by atoms with van der Waals surface area (Å²) in [4.78, 5) is 28.2. The first-order chi connectivity index (χ1) is 16.5. The largest absolute Gasteiger partial charge is 0.367 e. The van der Waals surface area contributed by atoms with Crippen molar-refractivity contribution in [3.05, 3.63) is 95.6 Å². The molecule has 2 amide bonds. The Kier molecular flexibility index (Phi) is 7.49. The third-order valence-corrected chi connectivity index (χ3v) is 5.70. The average Bonchev–Trinajstić information content (AvgIpc) is 2.85. The van der Waals surface area contributed by atoms with Crippen molar-refractivity contribution in [2.45, 2.75) is 12.5 Å². The Morgan fingerprint density at radius 3 is 2.38 bits per heavy atom. The molecule has 176 valence electrons. The van der Waals surface area contributed by atoms with Crippen LogP contribution in [0.15, 0.2) is 72.8 Å². The first-order valence-corrected chi connectivity index (χ1v) is 11.2. The topological polar surface area (TPSA) is 73.5 Å². The molecule has 1 unspecified atom stereocenters. The minimum atomic E-state index is -1.01. The minimum Gasteiger partial charge on any atom is -0.367 e. The molecule has 1 atom stereocenters. The molecule has 0 radical (unpaired) electrons. The summed E-state index contributed by atoms with van der Waals surface area (Å²) in [5, 5.41) is 8.70. The van der Waals surface area contributed by atoms with E-state index in [0.717, 1.165) is 18.7 Å². The maximum atomic E-state index is 14.2. The summed E-state index contributed by atoms with van der Waals surface area (Å²) in [5.41, 5.74) is 1.69. The molecule has 1 saturated heterocycles. The zero-order chi connectivity index (χ0) is 23.9. The van der Waals surface area contributed by atoms with Gasteiger partial charge in [-0.2, -0.15) is 0 Å². The van der Waals surface area contributed by atoms with E-state index in [2.05, 4.69) is 20.9 Å². The van der Waals surface area contributed by atoms with E-state index in [1.165, 1.54) is 30.3 Å². The molecule has 0 aliphatic carbocycles. The standard InChI is InChI=1S/C26H26F2N4O2/c27-19-10-11-24(32-14-12-29-13-15-32)22(17-19)30-26(34)23(16-18-6-2-1-3-7-18)31-25(33)20-8-4-5-9-21(20)28/h1-11,17,23,29H,12-16H2,(H,30,34)(H,31,33). The molecule has 4 rings (SSSR count). The van der Waals surface area contributed by atoms with E-state index in [4.69, 9.17) is 0 Å². The second-order valence-electron chi connectivity index (χ2n) is 8.08. The van der Waals surface area contributed by atoms with Gasteiger partial charge in [0.05, 0.1) is 16.9 Å². The van der Waals surface area contributed by atoms with Crippen LogP contribution in [0.3, 0.4) is 0 Å². The van der Waals surface area contributed by atoms with Gasteiger partial charge in [-0.05, 0) is 35.9 Å². The number of anilines is 2. The third kappa shape index (κ3) is 5.77. The highest BCUT2D eigenvalue weighted by Crippen LogP contribution is 2.27. The molecular weight excluding hydrogens is 438 g/mol. The Balaban J connectivity index is 1.59. The van der Waals surface area contributed by atoms with Gasteiger partial charge in [-0.1, -0.05) is 42.5 Å². The van der Waals surface area contributed by atoms with E-state index in [0.29, 0.717) is 24.5 Å². The first kappa shape index (κ1) is 23.4. The lowest BCUT2D eigenvalue weighted by Crippen LogP contribution is -2.46. The fourth-order valence-corrected chi connectivity index (χ4v) is 3.95. The number of amides is 2. The van der Waals surface area contributed by atoms with Crippen LogP contribution in [-0.4, -0.2) is 44.0 Å². The van der Waals surface area contributed by atoms with E-state index in [1.807, 2.05) is 30.3 Å². The van der Waals surface area contributed by atoms with Crippen LogP contribution in [-0.2, 0) is 11.2 Å². The second-order valence-corrected chi connectivity index (χ2v) is 8.08. The minimum absolute atomic E-state index is 0.152. The third-order valence-electron chi connectivity index (χ3n) is 5.70. The number of carbonyl (C=O) groups excluding carboxylic acids is 2. The highest BCUT2D eigenvalue weighted by Gasteiger charge is 2.25. The first-order valence-electron chi connectivity index (χ1n) is 11.2. The van der Waals surface area contributed by atoms with E-state index < -0.39 is 29.5 Å². The van der Waals surface area contributed by atoms with Gasteiger partial charge >= 0.3 is 0 Å². The normalized spacial score (nSPS) is 14.4. The molecule has 8 heteroatoms. The highest BCUT2D eigenvalue weighted by atomic mass is 19.1. The number of nitrogens with zero attached hydrogens (tertiary/aromatic N) is 1. The van der Waals surface area contributed by atoms with Gasteiger partial charge in [-0.15, -0.1) is 0 Å². The molecule has 0 spiro atoms. The van der Waals surface area contributed by atoms with E-state index in [-0.39, 0.29) is 12.0 Å². The van der Waals surface area contributed by atoms with Crippen LogP contribution in [0.4, 0.5) is 20.2 Å². The van der Waals surface area contributed by atoms with Crippen LogP contribution < -0.4 is 20.9 Å². The summed E-state index contributed by atoms with van der Waals surface area (Å²) in [6.07, 6.45) is 0.186. The fraction of sp³-hybridized carbons (Fsp3) is 0.231. The molecule has 0 saturated carbocycles. The van der Waals surface area contributed by atoms with Gasteiger partial charge in [0.2, 0.25) is 5.91 Å². The molecule has 1 heterocycles. The smallest absolute Gasteiger partial charge is 0.254 e. The molecule has 3 aromatic carbocycles. The van der Waals surface area contributed by atoms with Crippen molar-refractivity contribution in [3.8, 4) is 0 Å². The summed E-state index contributed by atoms with van der Waals surface area (Å²) >= 11 is 0. The Morgan fingerprint density at radius 1 is 0.941 bits per heavy atom. The molecule has 3 aromatic rings. The molecule has 34 heavy (non-hydrogen) atoms. The Morgan fingerprint density at radius 2 is 1.65 bits per heavy atom. The van der Waals surface area contributed by atoms with Gasteiger partial charge in [-0.25, -0.2) is 8.78 Å². The summed E-state index contributed by atoms with van der Waals surface area (Å²) in [7, 11) is 0. The van der Waals surface area contributed by atoms with Crippen molar-refractivity contribution in [2.24, 2.45) is 0 Å². The lowest BCUT2D eigenvalue weighted by molar-refractivity contribution is -0.118. The molecule has 1 fully saturated rings. The Bertz CT molecular complexity index is 1150. The quantitative estimate of drug-likeness (QED) is 0.502. The van der Waals surface area contributed by atoms with Gasteiger partial charge in [0, 0.05) is 32.6 Å². The van der Waals surface area contributed by atoms with Crippen molar-refractivity contribution < 1.29 is 18.4 Å². The molecule has 0 aromatic heterocycles. The number of benzene rings is 3. The van der Waals surface area contributed by atoms with Crippen molar-refractivity contribution >= 4 is 23.2 Å². The second kappa shape index (κ2) is 10.9. The van der Waals surface area contributed by atoms with Crippen molar-refractivity contribution in [1.29, 1.82) is 0 Å². The summed E-state index contributed by atoms with van der Waals surface area (Å²) in [6, 6.07) is 18.0. The molecule has 1 aliphatic rings. The summed E-state index contributed by atoms with van der Waals surface area (Å²) < 4.78 is 28.2. The SMILES string of the molecule is O=C(NC(Cc1ccccc1)C(=O)Nc1cc(F)ccc1N1CCNCC1)c1ccccc1F. The lowest BCUT2D eigenvalue weighted by Gasteiger charge is -2.31. The molecule has 3 N–H and O–H groups in total. The number of hydrogen-bond donors (Lipinski definition) is 3. The number of nitrogens with one attached hydrogen (secondary N) is 3. The van der Waals surface area contributed by atoms with Crippen LogP contribution in [0, 0.1) is 11.6 Å². The molecular formula is C26H26F2N4O2. The van der Waals surface area contributed by atoms with Crippen molar-refractivity contribution in [1.82, 2.24) is 10.6 Å². The predicted molar refractivity (Wildman–Crippen MR) is 128 cm³/mol. The van der Waals surface area contributed by atoms with E-state index in [9.17, 15) is 18.4 Å². The zero-order valence-electron chi connectivity index (χ0n) is 18.6. The molecule has 6 nitrogen and oxygen atoms in total. The van der Waals surface area contributed by atoms with Gasteiger partial charge < -0.3 is 20.9 Å².